The van der Waals surface area contributed by atoms with Crippen LogP contribution in [0.25, 0.3) is 0 Å². The molecule has 116 valence electrons. The first-order valence-corrected chi connectivity index (χ1v) is 8.96. The van der Waals surface area contributed by atoms with Crippen molar-refractivity contribution in [1.82, 2.24) is 5.32 Å². The van der Waals surface area contributed by atoms with E-state index in [-0.39, 0.29) is 23.3 Å². The molecule has 1 aliphatic rings. The molecule has 1 N–H and O–H groups in total. The van der Waals surface area contributed by atoms with Crippen LogP contribution in [0.2, 0.25) is 5.02 Å². The van der Waals surface area contributed by atoms with Gasteiger partial charge in [-0.3, -0.25) is 4.79 Å². The van der Waals surface area contributed by atoms with E-state index in [2.05, 4.69) is 5.32 Å². The van der Waals surface area contributed by atoms with Crippen LogP contribution >= 0.6 is 11.6 Å². The van der Waals surface area contributed by atoms with E-state index in [1.165, 1.54) is 0 Å². The van der Waals surface area contributed by atoms with Crippen molar-refractivity contribution in [3.8, 4) is 5.75 Å². The van der Waals surface area contributed by atoms with E-state index in [1.807, 2.05) is 0 Å². The molecule has 21 heavy (non-hydrogen) atoms. The lowest BCUT2D eigenvalue weighted by atomic mass is 10.1. The molecule has 1 amide bonds. The Bertz CT molecular complexity index is 617. The first kappa shape index (κ1) is 16.1. The van der Waals surface area contributed by atoms with Crippen LogP contribution < -0.4 is 10.1 Å². The molecule has 1 aromatic carbocycles. The van der Waals surface area contributed by atoms with Gasteiger partial charge in [-0.2, -0.15) is 0 Å². The van der Waals surface area contributed by atoms with Crippen LogP contribution in [0.15, 0.2) is 24.3 Å². The maximum atomic E-state index is 11.9. The van der Waals surface area contributed by atoms with Gasteiger partial charge in [-0.15, -0.1) is 0 Å². The van der Waals surface area contributed by atoms with E-state index < -0.39 is 15.9 Å². The van der Waals surface area contributed by atoms with Gasteiger partial charge in [0.25, 0.3) is 5.91 Å². The van der Waals surface area contributed by atoms with Gasteiger partial charge in [-0.25, -0.2) is 8.42 Å². The predicted octanol–water partition coefficient (Wildman–Crippen LogP) is 1.66. The molecule has 1 aromatic rings. The zero-order valence-electron chi connectivity index (χ0n) is 11.7. The van der Waals surface area contributed by atoms with Gasteiger partial charge in [-0.1, -0.05) is 23.7 Å². The van der Waals surface area contributed by atoms with Crippen molar-refractivity contribution < 1.29 is 17.9 Å². The molecule has 2 rings (SSSR count). The van der Waals surface area contributed by atoms with Gasteiger partial charge in [0.15, 0.2) is 15.9 Å². The molecule has 0 spiro atoms. The molecular formula is C14H18ClNO4S. The van der Waals surface area contributed by atoms with Gasteiger partial charge in [0, 0.05) is 6.54 Å². The minimum atomic E-state index is -2.92. The van der Waals surface area contributed by atoms with Crippen LogP contribution in [0, 0.1) is 5.92 Å². The molecule has 1 heterocycles. The Morgan fingerprint density at radius 2 is 2.19 bits per heavy atom. The summed E-state index contributed by atoms with van der Waals surface area (Å²) in [5, 5.41) is 3.17. The summed E-state index contributed by atoms with van der Waals surface area (Å²) in [5.41, 5.74) is 0. The van der Waals surface area contributed by atoms with Crippen LogP contribution in [-0.4, -0.2) is 38.5 Å². The lowest BCUT2D eigenvalue weighted by Gasteiger charge is -2.16. The summed E-state index contributed by atoms with van der Waals surface area (Å²) in [6, 6.07) is 6.93. The molecule has 2 unspecified atom stereocenters. The largest absolute Gasteiger partial charge is 0.479 e. The first-order valence-electron chi connectivity index (χ1n) is 6.77. The highest BCUT2D eigenvalue weighted by atomic mass is 35.5. The summed E-state index contributed by atoms with van der Waals surface area (Å²) < 4.78 is 28.2. The van der Waals surface area contributed by atoms with Crippen molar-refractivity contribution in [2.24, 2.45) is 5.92 Å². The lowest BCUT2D eigenvalue weighted by molar-refractivity contribution is -0.127. The molecule has 0 saturated carbocycles. The number of hydrogen-bond donors (Lipinski definition) is 1. The molecule has 1 saturated heterocycles. The Hall–Kier alpha value is -1.27. The summed E-state index contributed by atoms with van der Waals surface area (Å²) in [5.74, 6) is 0.516. The zero-order valence-corrected chi connectivity index (χ0v) is 13.3. The normalized spacial score (nSPS) is 21.7. The van der Waals surface area contributed by atoms with Crippen molar-refractivity contribution >= 4 is 27.3 Å². The van der Waals surface area contributed by atoms with E-state index in [4.69, 9.17) is 16.3 Å². The number of para-hydroxylation sites is 1. The molecule has 0 aromatic heterocycles. The van der Waals surface area contributed by atoms with E-state index >= 15 is 0 Å². The first-order chi connectivity index (χ1) is 9.87. The minimum Gasteiger partial charge on any atom is -0.479 e. The van der Waals surface area contributed by atoms with Gasteiger partial charge in [0.2, 0.25) is 0 Å². The number of hydrogen-bond acceptors (Lipinski definition) is 4. The van der Waals surface area contributed by atoms with E-state index in [0.29, 0.717) is 23.7 Å². The highest BCUT2D eigenvalue weighted by Crippen LogP contribution is 2.24. The number of sulfone groups is 1. The van der Waals surface area contributed by atoms with Gasteiger partial charge in [0.1, 0.15) is 5.75 Å². The number of ether oxygens (including phenoxy) is 1. The highest BCUT2D eigenvalue weighted by molar-refractivity contribution is 7.91. The second kappa shape index (κ2) is 6.66. The third kappa shape index (κ3) is 4.61. The fraction of sp³-hybridized carbons (Fsp3) is 0.500. The number of nitrogens with one attached hydrogen (secondary N) is 1. The molecule has 0 aliphatic carbocycles. The maximum absolute atomic E-state index is 11.9. The predicted molar refractivity (Wildman–Crippen MR) is 81.3 cm³/mol. The highest BCUT2D eigenvalue weighted by Gasteiger charge is 2.28. The monoisotopic (exact) mass is 331 g/mol. The third-order valence-corrected chi connectivity index (χ3v) is 5.55. The Morgan fingerprint density at radius 1 is 1.48 bits per heavy atom. The van der Waals surface area contributed by atoms with Gasteiger partial charge in [0.05, 0.1) is 16.5 Å². The van der Waals surface area contributed by atoms with Crippen molar-refractivity contribution in [1.29, 1.82) is 0 Å². The van der Waals surface area contributed by atoms with Crippen molar-refractivity contribution in [3.63, 3.8) is 0 Å². The number of carbonyl (C=O) groups is 1. The molecule has 2 atom stereocenters. The summed E-state index contributed by atoms with van der Waals surface area (Å²) in [6.45, 7) is 1.98. The zero-order chi connectivity index (χ0) is 15.5. The summed E-state index contributed by atoms with van der Waals surface area (Å²) in [6.07, 6.45) is -0.0922. The van der Waals surface area contributed by atoms with Crippen LogP contribution in [0.4, 0.5) is 0 Å². The molecule has 0 radical (unpaired) electrons. The number of halogens is 1. The summed E-state index contributed by atoms with van der Waals surface area (Å²) in [4.78, 5) is 11.9. The molecule has 0 bridgehead atoms. The minimum absolute atomic E-state index is 0.00790. The Labute approximate surface area is 129 Å². The SMILES string of the molecule is CC(Oc1ccccc1Cl)C(=O)NCC1CCS(=O)(=O)C1. The van der Waals surface area contributed by atoms with E-state index in [1.54, 1.807) is 31.2 Å². The van der Waals surface area contributed by atoms with Crippen LogP contribution in [0.5, 0.6) is 5.75 Å². The van der Waals surface area contributed by atoms with Crippen LogP contribution in [-0.2, 0) is 14.6 Å². The van der Waals surface area contributed by atoms with Crippen LogP contribution in [0.3, 0.4) is 0 Å². The standard InChI is InChI=1S/C14H18ClNO4S/c1-10(20-13-5-3-2-4-12(13)15)14(17)16-8-11-6-7-21(18,19)9-11/h2-5,10-11H,6-9H2,1H3,(H,16,17). The Morgan fingerprint density at radius 3 is 2.81 bits per heavy atom. The lowest BCUT2D eigenvalue weighted by Crippen LogP contribution is -2.39. The van der Waals surface area contributed by atoms with Crippen molar-refractivity contribution in [2.75, 3.05) is 18.1 Å². The molecule has 1 fully saturated rings. The fourth-order valence-corrected chi connectivity index (χ4v) is 4.25. The quantitative estimate of drug-likeness (QED) is 0.890. The molecule has 5 nitrogen and oxygen atoms in total. The average molecular weight is 332 g/mol. The van der Waals surface area contributed by atoms with Crippen LogP contribution in [0.1, 0.15) is 13.3 Å². The number of benzene rings is 1. The van der Waals surface area contributed by atoms with Gasteiger partial charge < -0.3 is 10.1 Å². The smallest absolute Gasteiger partial charge is 0.260 e. The average Bonchev–Trinajstić information content (AvgIpc) is 2.78. The van der Waals surface area contributed by atoms with Gasteiger partial charge >= 0.3 is 0 Å². The second-order valence-electron chi connectivity index (χ2n) is 5.20. The number of rotatable bonds is 5. The van der Waals surface area contributed by atoms with Crippen molar-refractivity contribution in [3.05, 3.63) is 29.3 Å². The molecule has 1 aliphatic heterocycles. The topological polar surface area (TPSA) is 72.5 Å². The van der Waals surface area contributed by atoms with E-state index in [9.17, 15) is 13.2 Å². The number of amides is 1. The third-order valence-electron chi connectivity index (χ3n) is 3.40. The summed E-state index contributed by atoms with van der Waals surface area (Å²) >= 11 is 5.96. The maximum Gasteiger partial charge on any atom is 0.260 e. The summed E-state index contributed by atoms with van der Waals surface area (Å²) in [7, 11) is -2.92. The van der Waals surface area contributed by atoms with E-state index in [0.717, 1.165) is 0 Å². The van der Waals surface area contributed by atoms with Crippen molar-refractivity contribution in [2.45, 2.75) is 19.4 Å². The fourth-order valence-electron chi connectivity index (χ4n) is 2.21. The molecular weight excluding hydrogens is 314 g/mol. The Balaban J connectivity index is 1.82. The Kier molecular flexibility index (Phi) is 5.11. The molecule has 7 heteroatoms. The second-order valence-corrected chi connectivity index (χ2v) is 7.84. The van der Waals surface area contributed by atoms with Gasteiger partial charge in [-0.05, 0) is 31.4 Å². The number of carbonyl (C=O) groups excluding carboxylic acids is 1.